The molecule has 1 saturated heterocycles. The van der Waals surface area contributed by atoms with Gasteiger partial charge in [0.25, 0.3) is 0 Å². The predicted octanol–water partition coefficient (Wildman–Crippen LogP) is -0.805. The van der Waals surface area contributed by atoms with Crippen molar-refractivity contribution < 1.29 is 33.9 Å². The van der Waals surface area contributed by atoms with Crippen LogP contribution in [-0.2, 0) is 16.0 Å². The zero-order valence-corrected chi connectivity index (χ0v) is 16.3. The van der Waals surface area contributed by atoms with E-state index in [0.29, 0.717) is 18.3 Å². The molecule has 2 heterocycles. The van der Waals surface area contributed by atoms with Crippen LogP contribution < -0.4 is 15.1 Å². The van der Waals surface area contributed by atoms with Crippen LogP contribution in [0.25, 0.3) is 0 Å². The van der Waals surface area contributed by atoms with Crippen LogP contribution in [0.3, 0.4) is 0 Å². The smallest absolute Gasteiger partial charge is 0.522 e. The van der Waals surface area contributed by atoms with Crippen LogP contribution in [0.1, 0.15) is 22.3 Å². The number of hydrogen-bond acceptors (Lipinski definition) is 7. The average molecular weight is 405 g/mol. The third-order valence-corrected chi connectivity index (χ3v) is 4.99. The minimum Gasteiger partial charge on any atom is -0.535 e. The highest BCUT2D eigenvalue weighted by Crippen LogP contribution is 2.37. The maximum absolute atomic E-state index is 12.3. The molecule has 2 aliphatic rings. The Labute approximate surface area is 168 Å². The van der Waals surface area contributed by atoms with E-state index in [1.165, 1.54) is 9.80 Å². The summed E-state index contributed by atoms with van der Waals surface area (Å²) in [4.78, 5) is 38.6. The molecule has 29 heavy (non-hydrogen) atoms. The Hall–Kier alpha value is -2.79. The third-order valence-electron chi connectivity index (χ3n) is 4.99. The van der Waals surface area contributed by atoms with Crippen LogP contribution in [0.2, 0.25) is 6.32 Å². The van der Waals surface area contributed by atoms with Gasteiger partial charge in [-0.15, -0.1) is 0 Å². The average Bonchev–Trinajstić information content (AvgIpc) is 2.62. The fraction of sp³-hybridized carbons (Fsp3) is 0.500. The SMILES string of the molecule is CN(C)C(=O)CC(N)C(=O)N1CC(Oc2ccc3c(c2C(=O)O)OB(O)CC3)C1. The van der Waals surface area contributed by atoms with Gasteiger partial charge in [0, 0.05) is 14.1 Å². The van der Waals surface area contributed by atoms with E-state index in [9.17, 15) is 24.5 Å². The third kappa shape index (κ3) is 4.46. The van der Waals surface area contributed by atoms with Crippen LogP contribution in [0.4, 0.5) is 0 Å². The molecule has 10 nitrogen and oxygen atoms in total. The molecule has 1 fully saturated rings. The Bertz CT molecular complexity index is 826. The second-order valence-corrected chi connectivity index (χ2v) is 7.43. The summed E-state index contributed by atoms with van der Waals surface area (Å²) in [5.41, 5.74) is 6.38. The fourth-order valence-corrected chi connectivity index (χ4v) is 3.28. The van der Waals surface area contributed by atoms with Crippen molar-refractivity contribution in [1.29, 1.82) is 0 Å². The summed E-state index contributed by atoms with van der Waals surface area (Å²) in [5.74, 6) is -1.57. The van der Waals surface area contributed by atoms with E-state index in [2.05, 4.69) is 0 Å². The molecule has 156 valence electrons. The lowest BCUT2D eigenvalue weighted by atomic mass is 9.78. The molecule has 0 spiro atoms. The van der Waals surface area contributed by atoms with E-state index in [1.807, 2.05) is 0 Å². The van der Waals surface area contributed by atoms with Crippen molar-refractivity contribution in [1.82, 2.24) is 9.80 Å². The summed E-state index contributed by atoms with van der Waals surface area (Å²) >= 11 is 0. The molecule has 2 amide bonds. The summed E-state index contributed by atoms with van der Waals surface area (Å²) in [5, 5.41) is 19.3. The molecule has 1 unspecified atom stereocenters. The van der Waals surface area contributed by atoms with Gasteiger partial charge in [0.15, 0.2) is 0 Å². The van der Waals surface area contributed by atoms with Gasteiger partial charge in [-0.1, -0.05) is 6.07 Å². The lowest BCUT2D eigenvalue weighted by Gasteiger charge is -2.40. The van der Waals surface area contributed by atoms with Crippen molar-refractivity contribution in [3.8, 4) is 11.5 Å². The van der Waals surface area contributed by atoms with Gasteiger partial charge in [-0.25, -0.2) is 4.79 Å². The predicted molar refractivity (Wildman–Crippen MR) is 103 cm³/mol. The van der Waals surface area contributed by atoms with Crippen LogP contribution in [-0.4, -0.2) is 84.2 Å². The van der Waals surface area contributed by atoms with Gasteiger partial charge in [-0.2, -0.15) is 0 Å². The van der Waals surface area contributed by atoms with Crippen molar-refractivity contribution in [2.24, 2.45) is 5.73 Å². The first-order valence-electron chi connectivity index (χ1n) is 9.32. The number of ether oxygens (including phenoxy) is 1. The number of aromatic carboxylic acids is 1. The molecule has 1 aromatic carbocycles. The molecule has 0 saturated carbocycles. The Morgan fingerprint density at radius 2 is 2.07 bits per heavy atom. The number of rotatable bonds is 6. The van der Waals surface area contributed by atoms with Gasteiger partial charge in [0.1, 0.15) is 23.2 Å². The fourth-order valence-electron chi connectivity index (χ4n) is 3.28. The van der Waals surface area contributed by atoms with Crippen molar-refractivity contribution in [3.63, 3.8) is 0 Å². The number of carboxylic acid groups (broad SMARTS) is 1. The quantitative estimate of drug-likeness (QED) is 0.522. The van der Waals surface area contributed by atoms with Gasteiger partial charge in [-0.3, -0.25) is 9.59 Å². The highest BCUT2D eigenvalue weighted by atomic mass is 16.5. The Kier molecular flexibility index (Phi) is 5.99. The number of hydrogen-bond donors (Lipinski definition) is 3. The molecule has 0 bridgehead atoms. The number of nitrogens with two attached hydrogens (primary N) is 1. The second-order valence-electron chi connectivity index (χ2n) is 7.43. The highest BCUT2D eigenvalue weighted by molar-refractivity contribution is 6.44. The summed E-state index contributed by atoms with van der Waals surface area (Å²) < 4.78 is 11.1. The molecule has 0 aromatic heterocycles. The number of benzene rings is 1. The molecule has 11 heteroatoms. The topological polar surface area (TPSA) is 143 Å². The van der Waals surface area contributed by atoms with E-state index in [-0.39, 0.29) is 48.4 Å². The van der Waals surface area contributed by atoms with Crippen LogP contribution in [0, 0.1) is 0 Å². The number of fused-ring (bicyclic) bond motifs is 1. The molecule has 4 N–H and O–H groups in total. The van der Waals surface area contributed by atoms with E-state index in [1.54, 1.807) is 26.2 Å². The minimum absolute atomic E-state index is 0.0818. The number of carbonyl (C=O) groups excluding carboxylic acids is 2. The molecule has 0 aliphatic carbocycles. The number of amides is 2. The number of aryl methyl sites for hydroxylation is 1. The number of nitrogens with zero attached hydrogens (tertiary/aromatic N) is 2. The van der Waals surface area contributed by atoms with E-state index < -0.39 is 25.2 Å². The number of carboxylic acids is 1. The molecule has 1 aromatic rings. The van der Waals surface area contributed by atoms with Gasteiger partial charge >= 0.3 is 13.1 Å². The molecule has 3 rings (SSSR count). The molecular weight excluding hydrogens is 381 g/mol. The summed E-state index contributed by atoms with van der Waals surface area (Å²) in [7, 11) is 2.13. The van der Waals surface area contributed by atoms with E-state index in [4.69, 9.17) is 15.1 Å². The maximum atomic E-state index is 12.3. The lowest BCUT2D eigenvalue weighted by Crippen LogP contribution is -2.60. The van der Waals surface area contributed by atoms with Crippen LogP contribution >= 0.6 is 0 Å². The van der Waals surface area contributed by atoms with Crippen molar-refractivity contribution >= 4 is 24.9 Å². The molecule has 0 radical (unpaired) electrons. The number of likely N-dealkylation sites (tertiary alicyclic amines) is 1. The zero-order valence-electron chi connectivity index (χ0n) is 16.3. The minimum atomic E-state index is -1.22. The Balaban J connectivity index is 1.63. The Morgan fingerprint density at radius 3 is 2.69 bits per heavy atom. The molecule has 1 atom stereocenters. The number of carbonyl (C=O) groups is 3. The van der Waals surface area contributed by atoms with E-state index >= 15 is 0 Å². The zero-order chi connectivity index (χ0) is 21.3. The van der Waals surface area contributed by atoms with Crippen molar-refractivity contribution in [3.05, 3.63) is 23.3 Å². The normalized spacial score (nSPS) is 17.0. The van der Waals surface area contributed by atoms with Crippen molar-refractivity contribution in [2.45, 2.75) is 31.3 Å². The van der Waals surface area contributed by atoms with Gasteiger partial charge < -0.3 is 35.1 Å². The van der Waals surface area contributed by atoms with Crippen LogP contribution in [0.5, 0.6) is 11.5 Å². The van der Waals surface area contributed by atoms with Gasteiger partial charge in [0.05, 0.1) is 25.6 Å². The highest BCUT2D eigenvalue weighted by Gasteiger charge is 2.37. The summed E-state index contributed by atoms with van der Waals surface area (Å²) in [6.07, 6.45) is 0.413. The first-order valence-corrected chi connectivity index (χ1v) is 9.32. The summed E-state index contributed by atoms with van der Waals surface area (Å²) in [6, 6.07) is 2.35. The lowest BCUT2D eigenvalue weighted by molar-refractivity contribution is -0.144. The maximum Gasteiger partial charge on any atom is 0.522 e. The first kappa shape index (κ1) is 20.9. The Morgan fingerprint density at radius 1 is 1.38 bits per heavy atom. The monoisotopic (exact) mass is 405 g/mol. The van der Waals surface area contributed by atoms with Crippen molar-refractivity contribution in [2.75, 3.05) is 27.2 Å². The largest absolute Gasteiger partial charge is 0.535 e. The van der Waals surface area contributed by atoms with Gasteiger partial charge in [-0.05, 0) is 24.4 Å². The standard InChI is InChI=1S/C18H24BN3O7/c1-21(2)14(23)7-12(20)17(24)22-8-11(9-22)28-13-4-3-10-5-6-19(27)29-16(10)15(13)18(25)26/h3-4,11-12,27H,5-9,20H2,1-2H3,(H,25,26). The second kappa shape index (κ2) is 8.30. The molecule has 2 aliphatic heterocycles. The first-order chi connectivity index (χ1) is 13.7. The van der Waals surface area contributed by atoms with Crippen LogP contribution in [0.15, 0.2) is 12.1 Å². The van der Waals surface area contributed by atoms with E-state index in [0.717, 1.165) is 0 Å². The molecular formula is C18H24BN3O7. The summed E-state index contributed by atoms with van der Waals surface area (Å²) in [6.45, 7) is 0.477. The van der Waals surface area contributed by atoms with Gasteiger partial charge in [0.2, 0.25) is 11.8 Å².